The second-order valence-electron chi connectivity index (χ2n) is 17.3. The number of amides is 4. The van der Waals surface area contributed by atoms with Crippen LogP contribution in [0.3, 0.4) is 0 Å². The Hall–Kier alpha value is -7.06. The van der Waals surface area contributed by atoms with Gasteiger partial charge in [-0.15, -0.1) is 0 Å². The molecule has 7 N–H and O–H groups in total. The highest BCUT2D eigenvalue weighted by atomic mass is 32.1. The third-order valence-electron chi connectivity index (χ3n) is 12.0. The molecule has 4 bridgehead atoms. The molecule has 5 unspecified atom stereocenters. The molecule has 24 nitrogen and oxygen atoms in total. The van der Waals surface area contributed by atoms with E-state index in [0.29, 0.717) is 56.8 Å². The minimum Gasteiger partial charge on any atom is -0.508 e. The number of phenols is 1. The number of aromatic hydroxyl groups is 1. The van der Waals surface area contributed by atoms with Crippen LogP contribution >= 0.6 is 12.2 Å². The average Bonchev–Trinajstić information content (AvgIpc) is 3.61. The van der Waals surface area contributed by atoms with Gasteiger partial charge >= 0.3 is 36.3 Å². The van der Waals surface area contributed by atoms with E-state index in [1.807, 2.05) is 21.9 Å². The predicted octanol–water partition coefficient (Wildman–Crippen LogP) is -1.77. The highest BCUT2D eigenvalue weighted by molar-refractivity contribution is 7.80. The number of ether oxygens (including phenoxy) is 3. The van der Waals surface area contributed by atoms with Gasteiger partial charge in [-0.05, 0) is 73.3 Å². The summed E-state index contributed by atoms with van der Waals surface area (Å²) in [4.78, 5) is 122. The number of carboxylic acids is 2. The van der Waals surface area contributed by atoms with Crippen LogP contribution in [-0.2, 0) is 70.2 Å². The number of esters is 3. The first kappa shape index (κ1) is 53.3. The summed E-state index contributed by atoms with van der Waals surface area (Å²) in [7, 11) is 0. The molecule has 4 heterocycles. The van der Waals surface area contributed by atoms with Gasteiger partial charge in [-0.1, -0.05) is 24.3 Å². The summed E-state index contributed by atoms with van der Waals surface area (Å²) in [6, 6.07) is 9.98. The summed E-state index contributed by atoms with van der Waals surface area (Å²) < 4.78 is 15.8. The molecule has 6 rings (SSSR count). The lowest BCUT2D eigenvalue weighted by molar-refractivity contribution is -0.258. The van der Waals surface area contributed by atoms with Gasteiger partial charge in [0.2, 0.25) is 11.8 Å². The van der Waals surface area contributed by atoms with Crippen molar-refractivity contribution in [1.82, 2.24) is 40.4 Å². The van der Waals surface area contributed by atoms with Gasteiger partial charge < -0.3 is 50.8 Å². The smallest absolute Gasteiger partial charge is 0.412 e. The zero-order valence-corrected chi connectivity index (χ0v) is 39.5. The van der Waals surface area contributed by atoms with Gasteiger partial charge in [0.05, 0.1) is 32.7 Å². The second-order valence-corrected chi connectivity index (χ2v) is 17.7. The summed E-state index contributed by atoms with van der Waals surface area (Å²) in [5, 5.41) is 40.5. The van der Waals surface area contributed by atoms with Crippen LogP contribution in [-0.4, -0.2) is 208 Å². The summed E-state index contributed by atoms with van der Waals surface area (Å²) >= 11 is 5.47. The third kappa shape index (κ3) is 17.1. The number of nitrogens with one attached hydrogen (secondary N) is 4. The number of anilines is 1. The maximum Gasteiger partial charge on any atom is 0.412 e. The molecule has 2 aromatic rings. The van der Waals surface area contributed by atoms with Gasteiger partial charge in [0.25, 0.3) is 11.8 Å². The Kier molecular flexibility index (Phi) is 19.3. The first-order chi connectivity index (χ1) is 34.0. The van der Waals surface area contributed by atoms with Crippen LogP contribution in [0.4, 0.5) is 5.69 Å². The van der Waals surface area contributed by atoms with Crippen molar-refractivity contribution in [3.05, 3.63) is 71.8 Å². The lowest BCUT2D eigenvalue weighted by Gasteiger charge is -2.38. The van der Waals surface area contributed by atoms with Crippen molar-refractivity contribution in [3.8, 4) is 5.75 Å². The minimum absolute atomic E-state index is 0.0205. The number of hydrogen-bond donors (Lipinski definition) is 7. The Balaban J connectivity index is 1.07. The molecule has 0 spiro atoms. The van der Waals surface area contributed by atoms with E-state index in [9.17, 15) is 58.5 Å². The number of carbonyl (C=O) groups is 9. The Morgan fingerprint density at radius 1 is 0.718 bits per heavy atom. The first-order valence-corrected chi connectivity index (χ1v) is 23.4. The fourth-order valence-electron chi connectivity index (χ4n) is 8.29. The molecule has 0 aliphatic carbocycles. The summed E-state index contributed by atoms with van der Waals surface area (Å²) in [5.74, 6) is -7.09. The van der Waals surface area contributed by atoms with E-state index in [1.54, 1.807) is 34.1 Å². The van der Waals surface area contributed by atoms with Crippen LogP contribution in [0.5, 0.6) is 5.75 Å². The Labute approximate surface area is 413 Å². The number of thiocarbonyl (C=S) groups is 1. The number of hydrogen-bond acceptors (Lipinski definition) is 18. The monoisotopic (exact) mass is 1010 g/mol. The molecule has 25 heteroatoms. The molecule has 71 heavy (non-hydrogen) atoms. The first-order valence-electron chi connectivity index (χ1n) is 23.0. The summed E-state index contributed by atoms with van der Waals surface area (Å²) in [5.41, 5.74) is 1.90. The molecule has 7 atom stereocenters. The highest BCUT2D eigenvalue weighted by Crippen LogP contribution is 2.19. The number of carbonyl (C=O) groups excluding carboxylic acids is 7. The molecule has 4 aliphatic rings. The number of fused-ring (bicyclic) bond motifs is 7. The molecular weight excluding hydrogens is 951 g/mol. The van der Waals surface area contributed by atoms with Crippen LogP contribution in [0.15, 0.2) is 60.7 Å². The summed E-state index contributed by atoms with van der Waals surface area (Å²) in [6.07, 6.45) is 3.13. The fourth-order valence-corrected chi connectivity index (χ4v) is 8.48. The van der Waals surface area contributed by atoms with Crippen LogP contribution in [0, 0.1) is 0 Å². The van der Waals surface area contributed by atoms with Gasteiger partial charge in [-0.25, -0.2) is 4.79 Å². The number of unbranched alkanes of at least 4 members (excludes halogenated alkanes) is 1. The maximum absolute atomic E-state index is 13.6. The van der Waals surface area contributed by atoms with Gasteiger partial charge in [0.15, 0.2) is 5.11 Å². The van der Waals surface area contributed by atoms with Gasteiger partial charge in [-0.2, -0.15) is 0 Å². The lowest BCUT2D eigenvalue weighted by Crippen LogP contribution is -2.54. The van der Waals surface area contributed by atoms with E-state index in [1.165, 1.54) is 12.1 Å². The number of nitrogens with zero attached hydrogens (tertiary/aromatic N) is 5. The predicted molar refractivity (Wildman–Crippen MR) is 252 cm³/mol. The number of phenolic OH excluding ortho intramolecular Hbond substituents is 1. The molecular formula is C46H57N9O15S. The Morgan fingerprint density at radius 2 is 1.31 bits per heavy atom. The molecule has 3 fully saturated rings. The summed E-state index contributed by atoms with van der Waals surface area (Å²) in [6.45, 7) is -0.961. The zero-order valence-electron chi connectivity index (χ0n) is 38.7. The molecule has 4 amide bonds. The van der Waals surface area contributed by atoms with Crippen molar-refractivity contribution in [2.75, 3.05) is 90.4 Å². The SMILES string of the molecule is O=C(O)CN1CCN2CCN3CCN(CC(=O)OC(OC(=O)C2)OC(=O)C3)C(Cc2ccc(NC(=S)NCC(=O)N[C@@H](Cc3ccc(O)cc3)C(=O)N[C@@H](CCCCN3C(=O)C=CC3=O)C(=O)O)cc2)C1. The van der Waals surface area contributed by atoms with Crippen molar-refractivity contribution in [3.63, 3.8) is 0 Å². The maximum atomic E-state index is 13.6. The van der Waals surface area contributed by atoms with Crippen LogP contribution in [0.25, 0.3) is 0 Å². The number of benzene rings is 2. The zero-order chi connectivity index (χ0) is 51.0. The van der Waals surface area contributed by atoms with E-state index in [0.717, 1.165) is 22.6 Å². The van der Waals surface area contributed by atoms with E-state index in [4.69, 9.17) is 26.4 Å². The van der Waals surface area contributed by atoms with Crippen molar-refractivity contribution in [1.29, 1.82) is 0 Å². The molecule has 3 saturated heterocycles. The molecule has 382 valence electrons. The van der Waals surface area contributed by atoms with Crippen molar-refractivity contribution >= 4 is 76.5 Å². The number of aliphatic carboxylic acids is 2. The molecule has 4 aliphatic heterocycles. The number of carboxylic acid groups (broad SMARTS) is 2. The largest absolute Gasteiger partial charge is 0.508 e. The third-order valence-corrected chi connectivity index (χ3v) is 12.2. The highest BCUT2D eigenvalue weighted by Gasteiger charge is 2.34. The van der Waals surface area contributed by atoms with Gasteiger partial charge in [-0.3, -0.25) is 62.9 Å². The van der Waals surface area contributed by atoms with Crippen LogP contribution in [0.1, 0.15) is 30.4 Å². The molecule has 0 aromatic heterocycles. The van der Waals surface area contributed by atoms with Crippen molar-refractivity contribution < 1.29 is 72.7 Å². The van der Waals surface area contributed by atoms with Crippen molar-refractivity contribution in [2.45, 2.75) is 56.7 Å². The van der Waals surface area contributed by atoms with Crippen molar-refractivity contribution in [2.24, 2.45) is 0 Å². The number of rotatable bonds is 18. The lowest BCUT2D eigenvalue weighted by atomic mass is 10.0. The minimum atomic E-state index is -1.88. The molecule has 0 radical (unpaired) electrons. The Bertz CT molecular complexity index is 2320. The average molecular weight is 1010 g/mol. The fraction of sp³-hybridized carbons (Fsp3) is 0.478. The van der Waals surface area contributed by atoms with Crippen LogP contribution < -0.4 is 21.3 Å². The normalized spacial score (nSPS) is 22.8. The Morgan fingerprint density at radius 3 is 1.93 bits per heavy atom. The topological polar surface area (TPSA) is 306 Å². The second kappa shape index (κ2) is 25.7. The number of imide groups is 1. The van der Waals surface area contributed by atoms with Crippen LogP contribution in [0.2, 0.25) is 0 Å². The van der Waals surface area contributed by atoms with E-state index in [2.05, 4.69) is 21.3 Å². The standard InChI is InChI=1S/C46H57N9O15S/c56-33-10-6-30(7-11-33)22-35(43(65)50-34(44(66)67)3-1-2-14-55-37(58)12-13-38(55)59)49-36(57)23-47-45(71)48-31-8-4-29(5-9-31)21-32-24-53(25-39(60)61)18-17-51-15-16-52-19-20-54(32)28-42(64)70-46(68-40(62)26-51)69-41(63)27-52/h4-13,32,34-35,46,56H,1-3,14-28H2,(H,49,57)(H,50,65)(H,60,61)(H,66,67)(H2,47,48,71)/t32?,34-,35-,46?/m0/s1. The quantitative estimate of drug-likeness (QED) is 0.0376. The van der Waals surface area contributed by atoms with E-state index < -0.39 is 78.1 Å². The van der Waals surface area contributed by atoms with E-state index >= 15 is 0 Å². The molecule has 2 aromatic carbocycles. The van der Waals surface area contributed by atoms with E-state index in [-0.39, 0.29) is 82.5 Å². The van der Waals surface area contributed by atoms with Gasteiger partial charge in [0.1, 0.15) is 17.8 Å². The molecule has 0 saturated carbocycles. The van der Waals surface area contributed by atoms with Gasteiger partial charge in [0, 0.05) is 82.7 Å².